The van der Waals surface area contributed by atoms with Gasteiger partial charge in [0.25, 0.3) is 0 Å². The van der Waals surface area contributed by atoms with E-state index in [0.29, 0.717) is 11.4 Å². The number of thioether (sulfide) groups is 2. The Bertz CT molecular complexity index is 115. The molecule has 0 aliphatic carbocycles. The molecule has 2 unspecified atom stereocenters. The summed E-state index contributed by atoms with van der Waals surface area (Å²) in [5, 5.41) is 0.670. The van der Waals surface area contributed by atoms with Gasteiger partial charge in [0.15, 0.2) is 0 Å². The summed E-state index contributed by atoms with van der Waals surface area (Å²) in [5.74, 6) is 3.81. The lowest BCUT2D eigenvalue weighted by Crippen LogP contribution is -2.39. The zero-order valence-corrected chi connectivity index (χ0v) is 8.66. The first kappa shape index (κ1) is 9.19. The van der Waals surface area contributed by atoms with Crippen LogP contribution in [-0.2, 0) is 9.47 Å². The molecule has 0 saturated carbocycles. The highest BCUT2D eigenvalue weighted by Gasteiger charge is 2.27. The Morgan fingerprint density at radius 2 is 2.17 bits per heavy atom. The summed E-state index contributed by atoms with van der Waals surface area (Å²) in [5.41, 5.74) is 0. The van der Waals surface area contributed by atoms with Gasteiger partial charge in [0.1, 0.15) is 0 Å². The molecule has 0 amide bonds. The number of rotatable bonds is 1. The zero-order chi connectivity index (χ0) is 8.23. The van der Waals surface area contributed by atoms with Crippen molar-refractivity contribution in [2.75, 3.05) is 37.1 Å². The highest BCUT2D eigenvalue weighted by molar-refractivity contribution is 8.06. The largest absolute Gasteiger partial charge is 0.376 e. The van der Waals surface area contributed by atoms with Crippen LogP contribution in [0.4, 0.5) is 0 Å². The van der Waals surface area contributed by atoms with Gasteiger partial charge in [-0.25, -0.2) is 0 Å². The summed E-state index contributed by atoms with van der Waals surface area (Å²) in [6, 6.07) is 0. The average Bonchev–Trinajstić information content (AvgIpc) is 2.21. The van der Waals surface area contributed by atoms with Crippen molar-refractivity contribution in [2.24, 2.45) is 0 Å². The van der Waals surface area contributed by atoms with E-state index >= 15 is 0 Å². The van der Waals surface area contributed by atoms with Gasteiger partial charge in [-0.05, 0) is 0 Å². The van der Waals surface area contributed by atoms with Crippen molar-refractivity contribution < 1.29 is 9.47 Å². The average molecular weight is 206 g/mol. The van der Waals surface area contributed by atoms with Gasteiger partial charge in [0, 0.05) is 22.5 Å². The van der Waals surface area contributed by atoms with Crippen molar-refractivity contribution >= 4 is 23.5 Å². The van der Waals surface area contributed by atoms with E-state index < -0.39 is 0 Å². The molecular weight excluding hydrogens is 192 g/mol. The van der Waals surface area contributed by atoms with Crippen molar-refractivity contribution in [1.82, 2.24) is 0 Å². The number of ether oxygens (including phenoxy) is 2. The molecule has 70 valence electrons. The fourth-order valence-corrected chi connectivity index (χ4v) is 4.26. The molecule has 0 aromatic carbocycles. The Morgan fingerprint density at radius 3 is 2.83 bits per heavy atom. The van der Waals surface area contributed by atoms with Crippen molar-refractivity contribution in [1.29, 1.82) is 0 Å². The summed E-state index contributed by atoms with van der Waals surface area (Å²) < 4.78 is 11.0. The summed E-state index contributed by atoms with van der Waals surface area (Å²) in [4.78, 5) is 0. The molecule has 0 N–H and O–H groups in total. The molecule has 2 aliphatic heterocycles. The predicted octanol–water partition coefficient (Wildman–Crippen LogP) is 1.25. The summed E-state index contributed by atoms with van der Waals surface area (Å²) >= 11 is 4.08. The standard InChI is InChI=1S/C8H14O2S2/c1-2-10-7(5-9-1)8-6-11-3-4-12-8/h7-8H,1-6H2. The first-order chi connectivity index (χ1) is 5.97. The van der Waals surface area contributed by atoms with Crippen LogP contribution in [0.1, 0.15) is 0 Å². The van der Waals surface area contributed by atoms with Crippen molar-refractivity contribution in [3.63, 3.8) is 0 Å². The molecule has 4 heteroatoms. The molecule has 12 heavy (non-hydrogen) atoms. The normalized spacial score (nSPS) is 38.0. The van der Waals surface area contributed by atoms with E-state index in [0.717, 1.165) is 19.8 Å². The van der Waals surface area contributed by atoms with Crippen LogP contribution in [0.2, 0.25) is 0 Å². The minimum Gasteiger partial charge on any atom is -0.376 e. The van der Waals surface area contributed by atoms with Gasteiger partial charge in [-0.3, -0.25) is 0 Å². The molecule has 0 aromatic rings. The highest BCUT2D eigenvalue weighted by atomic mass is 32.2. The van der Waals surface area contributed by atoms with Crippen LogP contribution in [-0.4, -0.2) is 48.4 Å². The Hall–Kier alpha value is 0.620. The first-order valence-electron chi connectivity index (χ1n) is 4.35. The molecule has 2 nitrogen and oxygen atoms in total. The maximum atomic E-state index is 5.66. The molecule has 2 heterocycles. The van der Waals surface area contributed by atoms with Crippen molar-refractivity contribution in [2.45, 2.75) is 11.4 Å². The Morgan fingerprint density at radius 1 is 1.17 bits per heavy atom. The van der Waals surface area contributed by atoms with Gasteiger partial charge in [-0.15, -0.1) is 0 Å². The maximum absolute atomic E-state index is 5.66. The molecule has 2 rings (SSSR count). The third-order valence-corrected chi connectivity index (χ3v) is 4.99. The fourth-order valence-electron chi connectivity index (χ4n) is 1.44. The summed E-state index contributed by atoms with van der Waals surface area (Å²) in [6.45, 7) is 2.37. The lowest BCUT2D eigenvalue weighted by atomic mass is 10.3. The molecular formula is C8H14O2S2. The molecule has 0 spiro atoms. The smallest absolute Gasteiger partial charge is 0.0935 e. The van der Waals surface area contributed by atoms with Crippen LogP contribution >= 0.6 is 23.5 Å². The van der Waals surface area contributed by atoms with E-state index in [1.165, 1.54) is 17.3 Å². The molecule has 0 aromatic heterocycles. The second kappa shape index (κ2) is 4.74. The quantitative estimate of drug-likeness (QED) is 0.642. The zero-order valence-electron chi connectivity index (χ0n) is 7.03. The van der Waals surface area contributed by atoms with Crippen LogP contribution in [0.25, 0.3) is 0 Å². The molecule has 2 saturated heterocycles. The van der Waals surface area contributed by atoms with Gasteiger partial charge in [0.05, 0.1) is 25.9 Å². The van der Waals surface area contributed by atoms with Crippen LogP contribution in [0, 0.1) is 0 Å². The molecule has 0 radical (unpaired) electrons. The SMILES string of the molecule is C1COC(C2CSCCS2)CO1. The molecule has 2 atom stereocenters. The second-order valence-corrected chi connectivity index (χ2v) is 5.47. The van der Waals surface area contributed by atoms with Crippen LogP contribution in [0.15, 0.2) is 0 Å². The summed E-state index contributed by atoms with van der Waals surface area (Å²) in [7, 11) is 0. The number of hydrogen-bond donors (Lipinski definition) is 0. The minimum absolute atomic E-state index is 0.358. The van der Waals surface area contributed by atoms with Gasteiger partial charge < -0.3 is 9.47 Å². The summed E-state index contributed by atoms with van der Waals surface area (Å²) in [6.07, 6.45) is 0.358. The van der Waals surface area contributed by atoms with E-state index in [1.54, 1.807) is 0 Å². The van der Waals surface area contributed by atoms with Gasteiger partial charge >= 0.3 is 0 Å². The topological polar surface area (TPSA) is 18.5 Å². The molecule has 0 bridgehead atoms. The maximum Gasteiger partial charge on any atom is 0.0935 e. The Balaban J connectivity index is 1.80. The van der Waals surface area contributed by atoms with Crippen LogP contribution in [0.5, 0.6) is 0 Å². The van der Waals surface area contributed by atoms with E-state index in [1.807, 2.05) is 23.5 Å². The van der Waals surface area contributed by atoms with Crippen molar-refractivity contribution in [3.05, 3.63) is 0 Å². The van der Waals surface area contributed by atoms with E-state index in [-0.39, 0.29) is 0 Å². The van der Waals surface area contributed by atoms with Crippen molar-refractivity contribution in [3.8, 4) is 0 Å². The monoisotopic (exact) mass is 206 g/mol. The lowest BCUT2D eigenvalue weighted by Gasteiger charge is -2.31. The third-order valence-electron chi connectivity index (χ3n) is 2.10. The Kier molecular flexibility index (Phi) is 3.63. The Labute approximate surface area is 81.8 Å². The van der Waals surface area contributed by atoms with Gasteiger partial charge in [-0.2, -0.15) is 23.5 Å². The third kappa shape index (κ3) is 2.31. The second-order valence-electron chi connectivity index (χ2n) is 2.97. The molecule has 2 aliphatic rings. The lowest BCUT2D eigenvalue weighted by molar-refractivity contribution is -0.0859. The number of hydrogen-bond acceptors (Lipinski definition) is 4. The highest BCUT2D eigenvalue weighted by Crippen LogP contribution is 2.28. The van der Waals surface area contributed by atoms with E-state index in [2.05, 4.69) is 0 Å². The first-order valence-corrected chi connectivity index (χ1v) is 6.56. The van der Waals surface area contributed by atoms with E-state index in [9.17, 15) is 0 Å². The van der Waals surface area contributed by atoms with Gasteiger partial charge in [0.2, 0.25) is 0 Å². The van der Waals surface area contributed by atoms with Crippen LogP contribution < -0.4 is 0 Å². The van der Waals surface area contributed by atoms with Gasteiger partial charge in [-0.1, -0.05) is 0 Å². The molecule has 2 fully saturated rings. The minimum atomic E-state index is 0.358. The van der Waals surface area contributed by atoms with E-state index in [4.69, 9.17) is 9.47 Å². The van der Waals surface area contributed by atoms with Crippen LogP contribution in [0.3, 0.4) is 0 Å². The fraction of sp³-hybridized carbons (Fsp3) is 1.00. The predicted molar refractivity (Wildman–Crippen MR) is 54.1 cm³/mol.